The number of hydrogen-bond acceptors (Lipinski definition) is 6. The van der Waals surface area contributed by atoms with E-state index in [1.54, 1.807) is 41.1 Å². The van der Waals surface area contributed by atoms with Crippen LogP contribution in [0.2, 0.25) is 10.0 Å². The molecular weight excluding hydrogens is 407 g/mol. The number of thioether (sulfide) groups is 1. The van der Waals surface area contributed by atoms with Gasteiger partial charge in [0, 0.05) is 10.0 Å². The van der Waals surface area contributed by atoms with Gasteiger partial charge in [0.15, 0.2) is 6.61 Å². The van der Waals surface area contributed by atoms with E-state index in [1.807, 2.05) is 12.1 Å². The Balaban J connectivity index is 1.49. The smallest absolute Gasteiger partial charge is 0.339 e. The summed E-state index contributed by atoms with van der Waals surface area (Å²) in [7, 11) is 0. The van der Waals surface area contributed by atoms with Crippen LogP contribution in [0.25, 0.3) is 5.69 Å². The number of tetrazole rings is 1. The predicted octanol–water partition coefficient (Wildman–Crippen LogP) is 3.92. The Morgan fingerprint density at radius 2 is 1.93 bits per heavy atom. The van der Waals surface area contributed by atoms with E-state index in [2.05, 4.69) is 27.4 Å². The van der Waals surface area contributed by atoms with Crippen molar-refractivity contribution in [2.75, 3.05) is 12.4 Å². The van der Waals surface area contributed by atoms with Crippen LogP contribution in [-0.2, 0) is 4.74 Å². The van der Waals surface area contributed by atoms with E-state index in [-0.39, 0.29) is 6.61 Å². The third kappa shape index (κ3) is 5.47. The first kappa shape index (κ1) is 19.2. The quantitative estimate of drug-likeness (QED) is 0.355. The van der Waals surface area contributed by atoms with E-state index in [0.717, 1.165) is 5.69 Å². The first-order valence-corrected chi connectivity index (χ1v) is 9.43. The molecule has 1 aromatic heterocycles. The number of ether oxygens (including phenoxy) is 1. The first-order valence-electron chi connectivity index (χ1n) is 7.69. The minimum atomic E-state index is -0.467. The van der Waals surface area contributed by atoms with Crippen molar-refractivity contribution in [1.29, 1.82) is 0 Å². The van der Waals surface area contributed by atoms with Crippen molar-refractivity contribution >= 4 is 40.9 Å². The fourth-order valence-corrected chi connectivity index (χ4v) is 2.99. The van der Waals surface area contributed by atoms with E-state index < -0.39 is 5.97 Å². The maximum atomic E-state index is 11.8. The first-order chi connectivity index (χ1) is 13.1. The van der Waals surface area contributed by atoms with Gasteiger partial charge in [-0.15, -0.1) is 5.10 Å². The van der Waals surface area contributed by atoms with Crippen molar-refractivity contribution in [2.45, 2.75) is 5.16 Å². The summed E-state index contributed by atoms with van der Waals surface area (Å²) in [6.45, 7) is -0.00592. The number of halogens is 2. The molecule has 0 fully saturated rings. The summed E-state index contributed by atoms with van der Waals surface area (Å²) in [5.41, 5.74) is 1.19. The average molecular weight is 419 g/mol. The molecule has 2 aromatic carbocycles. The van der Waals surface area contributed by atoms with Crippen LogP contribution in [0.1, 0.15) is 10.4 Å². The summed E-state index contributed by atoms with van der Waals surface area (Å²) < 4.78 is 6.69. The molecule has 9 heteroatoms. The predicted molar refractivity (Wildman–Crippen MR) is 104 cm³/mol. The molecule has 0 N–H and O–H groups in total. The van der Waals surface area contributed by atoms with Crippen molar-refractivity contribution in [2.24, 2.45) is 0 Å². The molecule has 0 atom stereocenters. The number of hydrogen-bond donors (Lipinski definition) is 0. The lowest BCUT2D eigenvalue weighted by Crippen LogP contribution is -2.05. The topological polar surface area (TPSA) is 69.9 Å². The average Bonchev–Trinajstić information content (AvgIpc) is 3.13. The summed E-state index contributed by atoms with van der Waals surface area (Å²) in [4.78, 5) is 11.8. The maximum Gasteiger partial charge on any atom is 0.339 e. The van der Waals surface area contributed by atoms with E-state index in [1.165, 1.54) is 11.8 Å². The highest BCUT2D eigenvalue weighted by Gasteiger charge is 2.08. The highest BCUT2D eigenvalue weighted by Crippen LogP contribution is 2.19. The van der Waals surface area contributed by atoms with E-state index in [4.69, 9.17) is 27.9 Å². The molecule has 0 unspecified atom stereocenters. The molecule has 0 aliphatic rings. The van der Waals surface area contributed by atoms with E-state index >= 15 is 0 Å². The largest absolute Gasteiger partial charge is 0.449 e. The van der Waals surface area contributed by atoms with Gasteiger partial charge in [-0.2, -0.15) is 4.68 Å². The van der Waals surface area contributed by atoms with E-state index in [0.29, 0.717) is 26.5 Å². The van der Waals surface area contributed by atoms with Crippen LogP contribution in [-0.4, -0.2) is 38.5 Å². The van der Waals surface area contributed by atoms with Crippen LogP contribution in [0.4, 0.5) is 0 Å². The lowest BCUT2D eigenvalue weighted by Gasteiger charge is -2.02. The van der Waals surface area contributed by atoms with Crippen LogP contribution in [0.5, 0.6) is 0 Å². The number of carbonyl (C=O) groups excluding carboxylic acids is 1. The van der Waals surface area contributed by atoms with Gasteiger partial charge in [0.05, 0.1) is 17.0 Å². The van der Waals surface area contributed by atoms with Crippen LogP contribution in [0.15, 0.2) is 53.7 Å². The molecule has 0 spiro atoms. The van der Waals surface area contributed by atoms with Crippen molar-refractivity contribution in [1.82, 2.24) is 20.2 Å². The highest BCUT2D eigenvalue weighted by atomic mass is 35.5. The van der Waals surface area contributed by atoms with E-state index in [9.17, 15) is 4.79 Å². The number of esters is 1. The second-order valence-electron chi connectivity index (χ2n) is 5.08. The minimum Gasteiger partial charge on any atom is -0.449 e. The Kier molecular flexibility index (Phi) is 6.71. The van der Waals surface area contributed by atoms with Gasteiger partial charge in [-0.3, -0.25) is 0 Å². The molecule has 0 aliphatic heterocycles. The van der Waals surface area contributed by atoms with Gasteiger partial charge < -0.3 is 4.74 Å². The van der Waals surface area contributed by atoms with Crippen LogP contribution < -0.4 is 0 Å². The van der Waals surface area contributed by atoms with Crippen molar-refractivity contribution < 1.29 is 9.53 Å². The SMILES string of the molecule is O=C(OCC#CCSc1nnnn1-c1ccc(Cl)cc1)c1cccc(Cl)c1. The molecule has 0 bridgehead atoms. The molecule has 3 rings (SSSR count). The molecule has 0 saturated carbocycles. The molecule has 0 amide bonds. The zero-order valence-corrected chi connectivity index (χ0v) is 16.1. The van der Waals surface area contributed by atoms with Crippen molar-refractivity contribution in [3.8, 4) is 17.5 Å². The Morgan fingerprint density at radius 3 is 2.70 bits per heavy atom. The van der Waals surface area contributed by atoms with Gasteiger partial charge in [-0.1, -0.05) is 52.9 Å². The number of benzene rings is 2. The Hall–Kier alpha value is -2.53. The summed E-state index contributed by atoms with van der Waals surface area (Å²) >= 11 is 13.1. The maximum absolute atomic E-state index is 11.8. The number of rotatable bonds is 5. The number of carbonyl (C=O) groups is 1. The highest BCUT2D eigenvalue weighted by molar-refractivity contribution is 7.99. The normalized spacial score (nSPS) is 10.1. The molecule has 1 heterocycles. The van der Waals surface area contributed by atoms with Gasteiger partial charge in [0.2, 0.25) is 5.16 Å². The summed E-state index contributed by atoms with van der Waals surface area (Å²) in [6.07, 6.45) is 0. The molecule has 0 radical (unpaired) electrons. The van der Waals surface area contributed by atoms with Crippen LogP contribution in [0.3, 0.4) is 0 Å². The summed E-state index contributed by atoms with van der Waals surface area (Å²) in [5.74, 6) is 5.68. The van der Waals surface area contributed by atoms with Gasteiger partial charge in [0.25, 0.3) is 0 Å². The number of aromatic nitrogens is 4. The Morgan fingerprint density at radius 1 is 1.11 bits per heavy atom. The molecule has 136 valence electrons. The summed E-state index contributed by atoms with van der Waals surface area (Å²) in [6, 6.07) is 13.7. The molecule has 0 aliphatic carbocycles. The zero-order chi connectivity index (χ0) is 19.1. The minimum absolute atomic E-state index is 0.00592. The summed E-state index contributed by atoms with van der Waals surface area (Å²) in [5, 5.41) is 13.3. The number of nitrogens with zero attached hydrogens (tertiary/aromatic N) is 4. The van der Waals surface area contributed by atoms with Crippen LogP contribution in [0, 0.1) is 11.8 Å². The van der Waals surface area contributed by atoms with Gasteiger partial charge in [-0.05, 0) is 52.9 Å². The second kappa shape index (κ2) is 9.42. The monoisotopic (exact) mass is 418 g/mol. The fraction of sp³-hybridized carbons (Fsp3) is 0.111. The third-order valence-electron chi connectivity index (χ3n) is 3.25. The molecule has 0 saturated heterocycles. The molecular formula is C18H12Cl2N4O2S. The van der Waals surface area contributed by atoms with Gasteiger partial charge in [-0.25, -0.2) is 4.79 Å². The Labute approximate surface area is 169 Å². The molecule has 6 nitrogen and oxygen atoms in total. The third-order valence-corrected chi connectivity index (χ3v) is 4.53. The van der Waals surface area contributed by atoms with Gasteiger partial charge in [0.1, 0.15) is 0 Å². The van der Waals surface area contributed by atoms with Crippen molar-refractivity contribution in [3.05, 3.63) is 64.1 Å². The Bertz CT molecular complexity index is 996. The lowest BCUT2D eigenvalue weighted by atomic mass is 10.2. The lowest BCUT2D eigenvalue weighted by molar-refractivity contribution is 0.0556. The zero-order valence-electron chi connectivity index (χ0n) is 13.8. The van der Waals surface area contributed by atoms with Crippen LogP contribution >= 0.6 is 35.0 Å². The fourth-order valence-electron chi connectivity index (χ4n) is 2.02. The second-order valence-corrected chi connectivity index (χ2v) is 6.89. The van der Waals surface area contributed by atoms with Crippen molar-refractivity contribution in [3.63, 3.8) is 0 Å². The standard InChI is InChI=1S/C18H12Cl2N4O2S/c19-14-6-8-16(9-7-14)24-18(21-22-23-24)27-11-2-1-10-26-17(25)13-4-3-5-15(20)12-13/h3-9,12H,10-11H2. The molecule has 3 aromatic rings. The molecule has 27 heavy (non-hydrogen) atoms. The van der Waals surface area contributed by atoms with Gasteiger partial charge >= 0.3 is 5.97 Å².